The van der Waals surface area contributed by atoms with Crippen molar-refractivity contribution in [1.82, 2.24) is 14.5 Å². The molecule has 11 rings (SSSR count). The van der Waals surface area contributed by atoms with E-state index in [4.69, 9.17) is 9.97 Å². The Bertz CT molecular complexity index is 3190. The second kappa shape index (κ2) is 16.8. The molecule has 1 unspecified atom stereocenters. The van der Waals surface area contributed by atoms with Crippen molar-refractivity contribution < 1.29 is 0 Å². The van der Waals surface area contributed by atoms with Gasteiger partial charge < -0.3 is 4.57 Å². The smallest absolute Gasteiger partial charge is 0.160 e. The molecule has 0 saturated carbocycles. The molecule has 2 heterocycles. The Balaban J connectivity index is 1.23. The van der Waals surface area contributed by atoms with E-state index in [1.807, 2.05) is 6.07 Å². The summed E-state index contributed by atoms with van der Waals surface area (Å²) in [6, 6.07) is 72.5. The molecule has 0 saturated heterocycles. The highest BCUT2D eigenvalue weighted by Crippen LogP contribution is 2.45. The van der Waals surface area contributed by atoms with E-state index in [9.17, 15) is 0 Å². The summed E-state index contributed by atoms with van der Waals surface area (Å²) in [4.78, 5) is 10.5. The topological polar surface area (TPSA) is 30.7 Å². The van der Waals surface area contributed by atoms with Crippen molar-refractivity contribution in [1.29, 1.82) is 0 Å². The van der Waals surface area contributed by atoms with Gasteiger partial charge in [0.05, 0.1) is 28.1 Å². The molecule has 0 bridgehead atoms. The Labute approximate surface area is 375 Å². The molecule has 0 spiro atoms. The lowest BCUT2D eigenvalue weighted by Crippen LogP contribution is -2.08. The van der Waals surface area contributed by atoms with E-state index in [2.05, 4.69) is 237 Å². The fourth-order valence-electron chi connectivity index (χ4n) is 9.37. The zero-order valence-corrected chi connectivity index (χ0v) is 36.1. The van der Waals surface area contributed by atoms with Gasteiger partial charge in [-0.15, -0.1) is 0 Å². The molecule has 2 aromatic heterocycles. The predicted molar refractivity (Wildman–Crippen MR) is 269 cm³/mol. The van der Waals surface area contributed by atoms with E-state index in [1.165, 1.54) is 60.9 Å². The van der Waals surface area contributed by atoms with E-state index in [0.717, 1.165) is 45.6 Å². The molecule has 64 heavy (non-hydrogen) atoms. The lowest BCUT2D eigenvalue weighted by Gasteiger charge is -2.25. The van der Waals surface area contributed by atoms with Gasteiger partial charge in [-0.1, -0.05) is 196 Å². The molecule has 3 nitrogen and oxygen atoms in total. The van der Waals surface area contributed by atoms with Crippen molar-refractivity contribution >= 4 is 21.8 Å². The van der Waals surface area contributed by atoms with Crippen LogP contribution in [0.3, 0.4) is 0 Å². The lowest BCUT2D eigenvalue weighted by atomic mass is 9.85. The third kappa shape index (κ3) is 7.35. The van der Waals surface area contributed by atoms with Crippen molar-refractivity contribution in [3.63, 3.8) is 0 Å². The number of fused-ring (bicyclic) bond motifs is 3. The molecule has 1 atom stereocenters. The summed E-state index contributed by atoms with van der Waals surface area (Å²) >= 11 is 0. The highest BCUT2D eigenvalue weighted by atomic mass is 15.0. The molecule has 8 aromatic carbocycles. The third-order valence-corrected chi connectivity index (χ3v) is 12.7. The van der Waals surface area contributed by atoms with Crippen LogP contribution in [0.5, 0.6) is 0 Å². The number of benzene rings is 8. The van der Waals surface area contributed by atoms with E-state index < -0.39 is 0 Å². The average molecular weight is 822 g/mol. The van der Waals surface area contributed by atoms with Gasteiger partial charge in [0.15, 0.2) is 5.82 Å². The largest absolute Gasteiger partial charge is 0.308 e. The second-order valence-corrected chi connectivity index (χ2v) is 17.1. The van der Waals surface area contributed by atoms with Crippen LogP contribution in [-0.4, -0.2) is 14.5 Å². The fraction of sp³-hybridized carbons (Fsp3) is 0.0820. The summed E-state index contributed by atoms with van der Waals surface area (Å²) in [5.74, 6) is 1.24. The first-order valence-corrected chi connectivity index (χ1v) is 22.4. The number of allylic oxidation sites excluding steroid dienone is 4. The van der Waals surface area contributed by atoms with Crippen molar-refractivity contribution in [2.45, 2.75) is 32.1 Å². The summed E-state index contributed by atoms with van der Waals surface area (Å²) in [7, 11) is 0. The van der Waals surface area contributed by atoms with Crippen molar-refractivity contribution in [2.75, 3.05) is 0 Å². The van der Waals surface area contributed by atoms with Gasteiger partial charge in [-0.3, -0.25) is 0 Å². The second-order valence-electron chi connectivity index (χ2n) is 17.1. The van der Waals surface area contributed by atoms with Crippen molar-refractivity contribution in [2.24, 2.45) is 0 Å². The molecular weight excluding hydrogens is 775 g/mol. The summed E-state index contributed by atoms with van der Waals surface area (Å²) in [6.45, 7) is 4.52. The summed E-state index contributed by atoms with van der Waals surface area (Å²) in [5.41, 5.74) is 18.1. The fourth-order valence-corrected chi connectivity index (χ4v) is 9.37. The standard InChI is InChI=1S/C61H47N3/c1-41(2)42-28-30-46(31-29-42)53-39-51(57-40-56(47-24-14-6-15-25-47)62-61(63-57)48-26-16-7-17-27-48)38-52(45-22-12-5-13-23-45)60(53)64-58-34-32-49(43-18-8-3-9-19-43)36-54(58)55-37-50(33-35-59(55)64)44-20-10-4-11-21-44/h3-22,24-41,45H,23H2,1-2H3. The maximum Gasteiger partial charge on any atom is 0.160 e. The van der Waals surface area contributed by atoms with Crippen LogP contribution in [0.4, 0.5) is 0 Å². The number of aromatic nitrogens is 3. The number of rotatable bonds is 9. The van der Waals surface area contributed by atoms with Gasteiger partial charge in [0.2, 0.25) is 0 Å². The van der Waals surface area contributed by atoms with E-state index >= 15 is 0 Å². The Morgan fingerprint density at radius 2 is 0.969 bits per heavy atom. The first-order chi connectivity index (χ1) is 31.6. The monoisotopic (exact) mass is 821 g/mol. The quantitative estimate of drug-likeness (QED) is 0.145. The Morgan fingerprint density at radius 3 is 1.50 bits per heavy atom. The predicted octanol–water partition coefficient (Wildman–Crippen LogP) is 16.3. The van der Waals surface area contributed by atoms with Crippen LogP contribution in [0, 0.1) is 0 Å². The SMILES string of the molecule is CC(C)c1ccc(-c2cc(-c3cc(-c4ccccc4)nc(-c4ccccc4)n3)cc(C3C=CC=CC3)c2-n2c3ccc(-c4ccccc4)cc3c3cc(-c4ccccc4)ccc32)cc1. The highest BCUT2D eigenvalue weighted by molar-refractivity contribution is 6.12. The molecular formula is C61H47N3. The molecule has 0 N–H and O–H groups in total. The molecule has 10 aromatic rings. The molecule has 0 amide bonds. The van der Waals surface area contributed by atoms with Crippen LogP contribution in [0.2, 0.25) is 0 Å². The third-order valence-electron chi connectivity index (χ3n) is 12.7. The normalized spacial score (nSPS) is 13.6. The first-order valence-electron chi connectivity index (χ1n) is 22.4. The number of hydrogen-bond acceptors (Lipinski definition) is 2. The van der Waals surface area contributed by atoms with E-state index in [1.54, 1.807) is 0 Å². The molecule has 3 heteroatoms. The van der Waals surface area contributed by atoms with Crippen LogP contribution in [0.15, 0.2) is 224 Å². The zero-order valence-electron chi connectivity index (χ0n) is 36.1. The van der Waals surface area contributed by atoms with Crippen LogP contribution >= 0.6 is 0 Å². The number of hydrogen-bond donors (Lipinski definition) is 0. The maximum atomic E-state index is 5.38. The highest BCUT2D eigenvalue weighted by Gasteiger charge is 2.26. The van der Waals surface area contributed by atoms with Crippen LogP contribution in [-0.2, 0) is 0 Å². The van der Waals surface area contributed by atoms with Gasteiger partial charge in [-0.2, -0.15) is 0 Å². The number of nitrogens with zero attached hydrogens (tertiary/aromatic N) is 3. The van der Waals surface area contributed by atoms with Gasteiger partial charge in [-0.25, -0.2) is 9.97 Å². The minimum absolute atomic E-state index is 0.123. The molecule has 0 aliphatic heterocycles. The first kappa shape index (κ1) is 39.0. The maximum absolute atomic E-state index is 5.38. The van der Waals surface area contributed by atoms with Gasteiger partial charge in [0, 0.05) is 38.9 Å². The van der Waals surface area contributed by atoms with Crippen molar-refractivity contribution in [3.05, 3.63) is 236 Å². The van der Waals surface area contributed by atoms with Gasteiger partial charge in [0.1, 0.15) is 0 Å². The van der Waals surface area contributed by atoms with Crippen molar-refractivity contribution in [3.8, 4) is 73.0 Å². The summed E-state index contributed by atoms with van der Waals surface area (Å²) in [6.07, 6.45) is 9.94. The molecule has 1 aliphatic rings. The molecule has 0 radical (unpaired) electrons. The van der Waals surface area contributed by atoms with Gasteiger partial charge in [-0.05, 0) is 93.7 Å². The Kier molecular flexibility index (Phi) is 10.2. The van der Waals surface area contributed by atoms with Gasteiger partial charge >= 0.3 is 0 Å². The van der Waals surface area contributed by atoms with Crippen LogP contribution < -0.4 is 0 Å². The zero-order chi connectivity index (χ0) is 43.0. The minimum Gasteiger partial charge on any atom is -0.308 e. The van der Waals surface area contributed by atoms with E-state index in [-0.39, 0.29) is 5.92 Å². The summed E-state index contributed by atoms with van der Waals surface area (Å²) < 4.78 is 2.55. The molecule has 306 valence electrons. The van der Waals surface area contributed by atoms with Gasteiger partial charge in [0.25, 0.3) is 0 Å². The van der Waals surface area contributed by atoms with Crippen LogP contribution in [0.1, 0.15) is 43.2 Å². The minimum atomic E-state index is 0.123. The average Bonchev–Trinajstić information content (AvgIpc) is 3.69. The van der Waals surface area contributed by atoms with Crippen LogP contribution in [0.25, 0.3) is 94.8 Å². The Morgan fingerprint density at radius 1 is 0.453 bits per heavy atom. The van der Waals surface area contributed by atoms with E-state index in [0.29, 0.717) is 11.7 Å². The molecule has 0 fully saturated rings. The lowest BCUT2D eigenvalue weighted by molar-refractivity contribution is 0.844. The molecule has 1 aliphatic carbocycles. The Hall–Kier alpha value is -7.88. The summed E-state index contributed by atoms with van der Waals surface area (Å²) in [5, 5.41) is 2.44.